The quantitative estimate of drug-likeness (QED) is 0.405. The molecule has 0 radical (unpaired) electrons. The van der Waals surface area contributed by atoms with Crippen molar-refractivity contribution in [3.8, 4) is 0 Å². The SMILES string of the molecule is C[C@@H]1NCC(=O)N1O. The highest BCUT2D eigenvalue weighted by molar-refractivity contribution is 5.79. The van der Waals surface area contributed by atoms with E-state index in [0.29, 0.717) is 5.06 Å². The molecule has 8 heavy (non-hydrogen) atoms. The summed E-state index contributed by atoms with van der Waals surface area (Å²) in [7, 11) is 0. The number of carbonyl (C=O) groups is 1. The van der Waals surface area contributed by atoms with Crippen molar-refractivity contribution in [3.05, 3.63) is 0 Å². The number of hydrogen-bond acceptors (Lipinski definition) is 3. The smallest absolute Gasteiger partial charge is 0.261 e. The van der Waals surface area contributed by atoms with Gasteiger partial charge in [0.1, 0.15) is 6.17 Å². The lowest BCUT2D eigenvalue weighted by molar-refractivity contribution is -0.163. The second kappa shape index (κ2) is 1.72. The van der Waals surface area contributed by atoms with Crippen LogP contribution in [0.5, 0.6) is 0 Å². The lowest BCUT2D eigenvalue weighted by Gasteiger charge is -2.09. The highest BCUT2D eigenvalue weighted by Crippen LogP contribution is 1.97. The van der Waals surface area contributed by atoms with Crippen molar-refractivity contribution in [3.63, 3.8) is 0 Å². The molecule has 0 aromatic carbocycles. The molecule has 1 rings (SSSR count). The number of nitrogens with one attached hydrogen (secondary N) is 1. The predicted molar refractivity (Wildman–Crippen MR) is 26.1 cm³/mol. The molecule has 46 valence electrons. The van der Waals surface area contributed by atoms with Gasteiger partial charge < -0.3 is 0 Å². The minimum absolute atomic E-state index is 0.220. The topological polar surface area (TPSA) is 52.6 Å². The number of carbonyl (C=O) groups excluding carboxylic acids is 1. The van der Waals surface area contributed by atoms with Crippen molar-refractivity contribution in [2.24, 2.45) is 0 Å². The first-order valence-corrected chi connectivity index (χ1v) is 2.46. The Bertz CT molecular complexity index is 115. The van der Waals surface area contributed by atoms with Crippen LogP contribution in [-0.2, 0) is 4.79 Å². The Labute approximate surface area is 47.0 Å². The molecule has 0 bridgehead atoms. The van der Waals surface area contributed by atoms with E-state index >= 15 is 0 Å². The van der Waals surface area contributed by atoms with Crippen LogP contribution in [0.3, 0.4) is 0 Å². The largest absolute Gasteiger partial charge is 0.287 e. The van der Waals surface area contributed by atoms with Crippen LogP contribution in [0.4, 0.5) is 0 Å². The Balaban J connectivity index is 2.56. The molecule has 1 heterocycles. The van der Waals surface area contributed by atoms with Crippen molar-refractivity contribution in [2.75, 3.05) is 6.54 Å². The van der Waals surface area contributed by atoms with Gasteiger partial charge in [-0.1, -0.05) is 0 Å². The molecule has 1 aliphatic rings. The molecule has 1 atom stereocenters. The van der Waals surface area contributed by atoms with Gasteiger partial charge in [0, 0.05) is 0 Å². The van der Waals surface area contributed by atoms with E-state index in [-0.39, 0.29) is 18.6 Å². The van der Waals surface area contributed by atoms with E-state index in [4.69, 9.17) is 5.21 Å². The lowest BCUT2D eigenvalue weighted by Crippen LogP contribution is -2.31. The number of amides is 1. The third-order valence-corrected chi connectivity index (χ3v) is 1.17. The molecule has 4 nitrogen and oxygen atoms in total. The van der Waals surface area contributed by atoms with Crippen molar-refractivity contribution in [1.82, 2.24) is 10.4 Å². The zero-order valence-electron chi connectivity index (χ0n) is 4.59. The summed E-state index contributed by atoms with van der Waals surface area (Å²) in [5.74, 6) is -0.266. The summed E-state index contributed by atoms with van der Waals surface area (Å²) < 4.78 is 0. The summed E-state index contributed by atoms with van der Waals surface area (Å²) in [6.45, 7) is 1.96. The van der Waals surface area contributed by atoms with Crippen LogP contribution in [0.1, 0.15) is 6.92 Å². The fourth-order valence-corrected chi connectivity index (χ4v) is 0.618. The normalized spacial score (nSPS) is 29.5. The van der Waals surface area contributed by atoms with Gasteiger partial charge in [-0.3, -0.25) is 15.3 Å². The molecule has 1 aliphatic heterocycles. The van der Waals surface area contributed by atoms with E-state index < -0.39 is 0 Å². The van der Waals surface area contributed by atoms with Crippen molar-refractivity contribution >= 4 is 5.91 Å². The molecular formula is C4H8N2O2. The van der Waals surface area contributed by atoms with Gasteiger partial charge in [-0.05, 0) is 6.92 Å². The van der Waals surface area contributed by atoms with Gasteiger partial charge in [-0.2, -0.15) is 0 Å². The van der Waals surface area contributed by atoms with E-state index in [0.717, 1.165) is 0 Å². The molecular weight excluding hydrogens is 108 g/mol. The van der Waals surface area contributed by atoms with Gasteiger partial charge >= 0.3 is 0 Å². The van der Waals surface area contributed by atoms with Gasteiger partial charge in [-0.25, -0.2) is 5.06 Å². The highest BCUT2D eigenvalue weighted by atomic mass is 16.5. The maximum atomic E-state index is 10.4. The molecule has 0 aromatic rings. The van der Waals surface area contributed by atoms with Gasteiger partial charge in [0.15, 0.2) is 0 Å². The van der Waals surface area contributed by atoms with Crippen LogP contribution < -0.4 is 5.32 Å². The van der Waals surface area contributed by atoms with E-state index in [1.54, 1.807) is 6.92 Å². The summed E-state index contributed by atoms with van der Waals surface area (Å²) in [6, 6.07) is 0. The molecule has 0 unspecified atom stereocenters. The van der Waals surface area contributed by atoms with Gasteiger partial charge in [0.2, 0.25) is 0 Å². The average Bonchev–Trinajstić information content (AvgIpc) is 1.98. The first-order chi connectivity index (χ1) is 3.72. The first-order valence-electron chi connectivity index (χ1n) is 2.46. The minimum Gasteiger partial charge on any atom is -0.287 e. The number of rotatable bonds is 0. The van der Waals surface area contributed by atoms with Crippen molar-refractivity contribution in [1.29, 1.82) is 0 Å². The van der Waals surface area contributed by atoms with Gasteiger partial charge in [-0.15, -0.1) is 0 Å². The third kappa shape index (κ3) is 0.677. The average molecular weight is 116 g/mol. The van der Waals surface area contributed by atoms with Crippen LogP contribution >= 0.6 is 0 Å². The predicted octanol–water partition coefficient (Wildman–Crippen LogP) is -0.847. The zero-order valence-corrected chi connectivity index (χ0v) is 4.59. The van der Waals surface area contributed by atoms with Crippen LogP contribution in [-0.4, -0.2) is 28.9 Å². The van der Waals surface area contributed by atoms with E-state index in [1.807, 2.05) is 0 Å². The van der Waals surface area contributed by atoms with E-state index in [9.17, 15) is 4.79 Å². The summed E-state index contributed by atoms with van der Waals surface area (Å²) in [6.07, 6.45) is -0.220. The van der Waals surface area contributed by atoms with Crippen LogP contribution in [0.25, 0.3) is 0 Å². The summed E-state index contributed by atoms with van der Waals surface area (Å²) in [4.78, 5) is 10.4. The molecule has 1 fully saturated rings. The molecule has 0 spiro atoms. The fraction of sp³-hybridized carbons (Fsp3) is 0.750. The Morgan fingerprint density at radius 2 is 2.62 bits per heavy atom. The highest BCUT2D eigenvalue weighted by Gasteiger charge is 2.24. The molecule has 0 saturated carbocycles. The molecule has 1 amide bonds. The standard InChI is InChI=1S/C4H8N2O2/c1-3-5-2-4(7)6(3)8/h3,5,8H,2H2,1H3/t3-/m1/s1. The van der Waals surface area contributed by atoms with Crippen molar-refractivity contribution in [2.45, 2.75) is 13.1 Å². The third-order valence-electron chi connectivity index (χ3n) is 1.17. The molecule has 0 aromatic heterocycles. The van der Waals surface area contributed by atoms with Crippen LogP contribution in [0, 0.1) is 0 Å². The molecule has 0 aliphatic carbocycles. The molecule has 4 heteroatoms. The van der Waals surface area contributed by atoms with Crippen molar-refractivity contribution < 1.29 is 10.0 Å². The Morgan fingerprint density at radius 3 is 2.75 bits per heavy atom. The minimum atomic E-state index is -0.266. The Kier molecular flexibility index (Phi) is 1.19. The maximum Gasteiger partial charge on any atom is 0.261 e. The number of hydrogen-bond donors (Lipinski definition) is 2. The summed E-state index contributed by atoms with van der Waals surface area (Å²) in [5, 5.41) is 12.1. The summed E-state index contributed by atoms with van der Waals surface area (Å²) >= 11 is 0. The Morgan fingerprint density at radius 1 is 2.00 bits per heavy atom. The lowest BCUT2D eigenvalue weighted by atomic mass is 10.6. The van der Waals surface area contributed by atoms with Gasteiger partial charge in [0.25, 0.3) is 5.91 Å². The van der Waals surface area contributed by atoms with Gasteiger partial charge in [0.05, 0.1) is 6.54 Å². The molecule has 2 N–H and O–H groups in total. The van der Waals surface area contributed by atoms with Crippen LogP contribution in [0.2, 0.25) is 0 Å². The van der Waals surface area contributed by atoms with Crippen LogP contribution in [0.15, 0.2) is 0 Å². The number of nitrogens with zero attached hydrogens (tertiary/aromatic N) is 1. The zero-order chi connectivity index (χ0) is 6.15. The fourth-order valence-electron chi connectivity index (χ4n) is 0.618. The number of hydroxylamine groups is 2. The molecule has 1 saturated heterocycles. The second-order valence-electron chi connectivity index (χ2n) is 1.80. The van der Waals surface area contributed by atoms with E-state index in [2.05, 4.69) is 5.32 Å². The first kappa shape index (κ1) is 5.53. The Hall–Kier alpha value is -0.610. The second-order valence-corrected chi connectivity index (χ2v) is 1.80. The maximum absolute atomic E-state index is 10.4. The summed E-state index contributed by atoms with van der Waals surface area (Å²) in [5.41, 5.74) is 0. The van der Waals surface area contributed by atoms with E-state index in [1.165, 1.54) is 0 Å². The monoisotopic (exact) mass is 116 g/mol.